The highest BCUT2D eigenvalue weighted by Crippen LogP contribution is 2.37. The molecule has 5 nitrogen and oxygen atoms in total. The van der Waals surface area contributed by atoms with Crippen LogP contribution in [0.4, 0.5) is 0 Å². The van der Waals surface area contributed by atoms with Crippen molar-refractivity contribution in [2.75, 3.05) is 13.2 Å². The number of hydrogen-bond acceptors (Lipinski definition) is 5. The van der Waals surface area contributed by atoms with E-state index in [2.05, 4.69) is 121 Å². The average Bonchev–Trinajstić information content (AvgIpc) is 3.13. The molecule has 0 heterocycles. The largest absolute Gasteiger partial charge is 0.413 e. The Balaban J connectivity index is 1.95. The third-order valence-corrected chi connectivity index (χ3v) is 15.0. The Hall–Kier alpha value is -2.32. The minimum absolute atomic E-state index is 0.0192. The molecule has 0 aliphatic carbocycles. The van der Waals surface area contributed by atoms with Crippen LogP contribution in [0.1, 0.15) is 78.0 Å². The van der Waals surface area contributed by atoms with Crippen molar-refractivity contribution in [2.24, 2.45) is 23.7 Å². The summed E-state index contributed by atoms with van der Waals surface area (Å²) in [5, 5.41) is 9.76. The lowest BCUT2D eigenvalue weighted by atomic mass is 9.78. The number of ether oxygens (including phenoxy) is 3. The molecule has 0 spiro atoms. The standard InChI is InChI=1S/C42H64O5Si/c1-8-48(9-2,10-3)47-41(33(4)21-20-28-43)36(7)42(46-32-39-26-18-13-19-27-39)35(6)40(45-31-38-24-16-12-17-25-38)34(5)29-44-30-37-22-14-11-15-23-37/h11-19,22-27,33-36,40-43H,8-10,20-21,28-32H2,1-7H3/t33-,34-,35-,36+,40-,41-,42-/m0/s1. The number of aliphatic hydroxyl groups excluding tert-OH is 1. The molecular weight excluding hydrogens is 613 g/mol. The molecule has 3 aromatic rings. The molecule has 0 unspecified atom stereocenters. The zero-order valence-corrected chi connectivity index (χ0v) is 31.9. The van der Waals surface area contributed by atoms with Gasteiger partial charge in [-0.3, -0.25) is 0 Å². The maximum absolute atomic E-state index is 9.76. The Bertz CT molecular complexity index is 1210. The van der Waals surface area contributed by atoms with Gasteiger partial charge in [0.1, 0.15) is 0 Å². The molecule has 6 heteroatoms. The Morgan fingerprint density at radius 2 is 1.00 bits per heavy atom. The van der Waals surface area contributed by atoms with Gasteiger partial charge in [0.25, 0.3) is 0 Å². The SMILES string of the molecule is CC[Si](CC)(CC)O[C@H]([C@@H](C)[C@@H](OCc1ccccc1)[C@@H](C)[C@@H](OCc1ccccc1)[C@@H](C)COCc1ccccc1)[C@@H](C)CCCO. The monoisotopic (exact) mass is 676 g/mol. The maximum atomic E-state index is 9.76. The van der Waals surface area contributed by atoms with E-state index in [4.69, 9.17) is 18.6 Å². The minimum atomic E-state index is -1.94. The van der Waals surface area contributed by atoms with E-state index in [1.165, 1.54) is 5.56 Å². The molecule has 0 bridgehead atoms. The summed E-state index contributed by atoms with van der Waals surface area (Å²) >= 11 is 0. The third-order valence-electron chi connectivity index (χ3n) is 10.4. The van der Waals surface area contributed by atoms with Crippen LogP contribution in [0.2, 0.25) is 18.1 Å². The molecule has 1 N–H and O–H groups in total. The van der Waals surface area contributed by atoms with Crippen LogP contribution in [0, 0.1) is 23.7 Å². The third kappa shape index (κ3) is 12.5. The predicted molar refractivity (Wildman–Crippen MR) is 201 cm³/mol. The van der Waals surface area contributed by atoms with E-state index >= 15 is 0 Å². The molecule has 0 aromatic heterocycles. The smallest absolute Gasteiger partial charge is 0.192 e. The second-order valence-corrected chi connectivity index (χ2v) is 18.6. The molecule has 7 atom stereocenters. The number of aliphatic hydroxyl groups is 1. The second kappa shape index (κ2) is 21.7. The molecule has 48 heavy (non-hydrogen) atoms. The van der Waals surface area contributed by atoms with Crippen LogP contribution in [0.3, 0.4) is 0 Å². The summed E-state index contributed by atoms with van der Waals surface area (Å²) in [7, 11) is -1.94. The van der Waals surface area contributed by atoms with Crippen molar-refractivity contribution in [3.8, 4) is 0 Å². The van der Waals surface area contributed by atoms with Gasteiger partial charge in [-0.15, -0.1) is 0 Å². The van der Waals surface area contributed by atoms with Gasteiger partial charge in [-0.25, -0.2) is 0 Å². The molecule has 3 rings (SSSR count). The van der Waals surface area contributed by atoms with E-state index < -0.39 is 8.32 Å². The van der Waals surface area contributed by atoms with Crippen molar-refractivity contribution >= 4 is 8.32 Å². The Kier molecular flexibility index (Phi) is 18.1. The topological polar surface area (TPSA) is 57.2 Å². The zero-order valence-electron chi connectivity index (χ0n) is 30.9. The fraction of sp³-hybridized carbons (Fsp3) is 0.571. The number of rotatable bonds is 24. The van der Waals surface area contributed by atoms with Gasteiger partial charge in [-0.2, -0.15) is 0 Å². The first-order valence-electron chi connectivity index (χ1n) is 18.5. The minimum Gasteiger partial charge on any atom is -0.413 e. The summed E-state index contributed by atoms with van der Waals surface area (Å²) in [6, 6.07) is 34.6. The summed E-state index contributed by atoms with van der Waals surface area (Å²) < 4.78 is 27.6. The zero-order chi connectivity index (χ0) is 34.8. The highest BCUT2D eigenvalue weighted by atomic mass is 28.4. The van der Waals surface area contributed by atoms with Crippen LogP contribution in [0.15, 0.2) is 91.0 Å². The lowest BCUT2D eigenvalue weighted by molar-refractivity contribution is -0.132. The van der Waals surface area contributed by atoms with Gasteiger partial charge in [-0.05, 0) is 53.6 Å². The number of benzene rings is 3. The normalized spacial score (nSPS) is 16.5. The van der Waals surface area contributed by atoms with Crippen molar-refractivity contribution in [3.05, 3.63) is 108 Å². The van der Waals surface area contributed by atoms with Crippen LogP contribution in [-0.2, 0) is 38.5 Å². The quantitative estimate of drug-likeness (QED) is 0.0958. The Morgan fingerprint density at radius 3 is 1.46 bits per heavy atom. The van der Waals surface area contributed by atoms with E-state index in [0.717, 1.165) is 42.1 Å². The summed E-state index contributed by atoms with van der Waals surface area (Å²) in [6.07, 6.45) is 1.48. The molecule has 0 amide bonds. The van der Waals surface area contributed by atoms with Gasteiger partial charge in [0.2, 0.25) is 0 Å². The lowest BCUT2D eigenvalue weighted by Gasteiger charge is -2.44. The Morgan fingerprint density at radius 1 is 0.562 bits per heavy atom. The first-order chi connectivity index (χ1) is 23.3. The second-order valence-electron chi connectivity index (χ2n) is 13.9. The van der Waals surface area contributed by atoms with Gasteiger partial charge < -0.3 is 23.7 Å². The van der Waals surface area contributed by atoms with E-state index in [9.17, 15) is 5.11 Å². The van der Waals surface area contributed by atoms with Crippen molar-refractivity contribution in [3.63, 3.8) is 0 Å². The molecule has 266 valence electrons. The van der Waals surface area contributed by atoms with Gasteiger partial charge in [-0.1, -0.05) is 139 Å². The van der Waals surface area contributed by atoms with Crippen LogP contribution in [0.25, 0.3) is 0 Å². The summed E-state index contributed by atoms with van der Waals surface area (Å²) in [5.41, 5.74) is 3.49. The molecule has 0 saturated carbocycles. The van der Waals surface area contributed by atoms with Crippen molar-refractivity contribution in [1.82, 2.24) is 0 Å². The molecule has 3 aromatic carbocycles. The Labute approximate surface area is 293 Å². The van der Waals surface area contributed by atoms with E-state index in [-0.39, 0.29) is 48.6 Å². The highest BCUT2D eigenvalue weighted by Gasteiger charge is 2.42. The van der Waals surface area contributed by atoms with E-state index in [1.54, 1.807) is 0 Å². The van der Waals surface area contributed by atoms with E-state index in [0.29, 0.717) is 26.4 Å². The molecule has 0 radical (unpaired) electrons. The molecular formula is C42H64O5Si. The van der Waals surface area contributed by atoms with Crippen LogP contribution in [0.5, 0.6) is 0 Å². The van der Waals surface area contributed by atoms with Crippen molar-refractivity contribution < 1.29 is 23.7 Å². The number of hydrogen-bond donors (Lipinski definition) is 1. The molecule has 0 aliphatic rings. The maximum Gasteiger partial charge on any atom is 0.192 e. The van der Waals surface area contributed by atoms with Gasteiger partial charge in [0, 0.05) is 24.4 Å². The van der Waals surface area contributed by atoms with Crippen molar-refractivity contribution in [1.29, 1.82) is 0 Å². The van der Waals surface area contributed by atoms with Gasteiger partial charge >= 0.3 is 0 Å². The molecule has 0 saturated heterocycles. The first-order valence-corrected chi connectivity index (χ1v) is 21.0. The van der Waals surface area contributed by atoms with Crippen molar-refractivity contribution in [2.45, 2.75) is 118 Å². The van der Waals surface area contributed by atoms with Crippen LogP contribution < -0.4 is 0 Å². The van der Waals surface area contributed by atoms with Crippen LogP contribution in [-0.4, -0.2) is 44.9 Å². The predicted octanol–water partition coefficient (Wildman–Crippen LogP) is 10.1. The fourth-order valence-electron chi connectivity index (χ4n) is 7.16. The highest BCUT2D eigenvalue weighted by molar-refractivity contribution is 6.73. The molecule has 0 aliphatic heterocycles. The van der Waals surface area contributed by atoms with Gasteiger partial charge in [0.05, 0.1) is 44.7 Å². The first kappa shape index (κ1) is 40.1. The van der Waals surface area contributed by atoms with E-state index in [1.807, 2.05) is 18.2 Å². The summed E-state index contributed by atoms with van der Waals surface area (Å²) in [4.78, 5) is 0. The summed E-state index contributed by atoms with van der Waals surface area (Å²) in [6.45, 7) is 18.5. The molecule has 0 fully saturated rings. The van der Waals surface area contributed by atoms with Crippen LogP contribution >= 0.6 is 0 Å². The lowest BCUT2D eigenvalue weighted by Crippen LogP contribution is -2.50. The van der Waals surface area contributed by atoms with Gasteiger partial charge in [0.15, 0.2) is 8.32 Å². The summed E-state index contributed by atoms with van der Waals surface area (Å²) in [5.74, 6) is 0.576. The average molecular weight is 677 g/mol. The fourth-order valence-corrected chi connectivity index (χ4v) is 10.2.